The van der Waals surface area contributed by atoms with Crippen LogP contribution in [0.25, 0.3) is 0 Å². The minimum atomic E-state index is -4.42. The quantitative estimate of drug-likeness (QED) is 0.569. The molecule has 0 aliphatic carbocycles. The smallest absolute Gasteiger partial charge is 0.396 e. The maximum absolute atomic E-state index is 12.9. The van der Waals surface area contributed by atoms with Crippen molar-refractivity contribution in [2.75, 3.05) is 13.2 Å². The lowest BCUT2D eigenvalue weighted by Gasteiger charge is -2.41. The van der Waals surface area contributed by atoms with Gasteiger partial charge >= 0.3 is 6.18 Å². The van der Waals surface area contributed by atoms with Crippen molar-refractivity contribution in [3.8, 4) is 0 Å². The van der Waals surface area contributed by atoms with Crippen molar-refractivity contribution < 1.29 is 28.5 Å². The number of alkyl halides is 3. The predicted octanol–water partition coefficient (Wildman–Crippen LogP) is 2.59. The second-order valence-corrected chi connectivity index (χ2v) is 8.73. The van der Waals surface area contributed by atoms with Crippen LogP contribution in [0.4, 0.5) is 13.2 Å². The number of halogens is 3. The average Bonchev–Trinajstić information content (AvgIpc) is 3.15. The van der Waals surface area contributed by atoms with Gasteiger partial charge in [0.2, 0.25) is 0 Å². The van der Waals surface area contributed by atoms with Gasteiger partial charge in [0.25, 0.3) is 0 Å². The summed E-state index contributed by atoms with van der Waals surface area (Å²) in [6, 6.07) is 4.36. The zero-order valence-electron chi connectivity index (χ0n) is 17.0. The highest BCUT2D eigenvalue weighted by atomic mass is 19.4. The Labute approximate surface area is 173 Å². The van der Waals surface area contributed by atoms with E-state index in [2.05, 4.69) is 10.4 Å². The largest absolute Gasteiger partial charge is 0.416 e. The molecule has 1 aliphatic heterocycles. The van der Waals surface area contributed by atoms with Crippen molar-refractivity contribution in [1.82, 2.24) is 15.1 Å². The van der Waals surface area contributed by atoms with Crippen molar-refractivity contribution in [3.05, 3.63) is 53.3 Å². The van der Waals surface area contributed by atoms with Crippen LogP contribution in [0.2, 0.25) is 0 Å². The summed E-state index contributed by atoms with van der Waals surface area (Å²) in [6.07, 6.45) is -0.302. The fourth-order valence-electron chi connectivity index (χ4n) is 4.00. The first kappa shape index (κ1) is 22.7. The number of benzene rings is 1. The molecule has 6 nitrogen and oxygen atoms in total. The molecule has 0 bridgehead atoms. The Morgan fingerprint density at radius 1 is 1.17 bits per heavy atom. The second-order valence-electron chi connectivity index (χ2n) is 8.73. The fraction of sp³-hybridized carbons (Fsp3) is 0.571. The molecule has 1 aromatic heterocycles. The van der Waals surface area contributed by atoms with Crippen molar-refractivity contribution in [1.29, 1.82) is 0 Å². The van der Waals surface area contributed by atoms with Gasteiger partial charge in [-0.3, -0.25) is 4.68 Å². The highest BCUT2D eigenvalue weighted by Crippen LogP contribution is 2.41. The van der Waals surface area contributed by atoms with Crippen LogP contribution in [0.1, 0.15) is 49.4 Å². The number of aliphatic hydroxyl groups is 3. The standard InChI is InChI=1S/C21H28F3N3O3/c1-14-7-20(30,16-3-5-17(6-4-16)21(22,23)24)8-18(26-14)15-9-25-27(10-15)11-19(2,12-28)13-29/h3-6,9-10,14,18,26,28-30H,7-8,11-13H2,1-2H3. The SMILES string of the molecule is CC1CC(O)(c2ccc(C(F)(F)F)cc2)CC(c2cnn(CC(C)(CO)CO)c2)N1. The van der Waals surface area contributed by atoms with Crippen LogP contribution in [-0.4, -0.2) is 44.4 Å². The molecule has 166 valence electrons. The van der Waals surface area contributed by atoms with Crippen LogP contribution in [0.15, 0.2) is 36.7 Å². The molecule has 2 heterocycles. The van der Waals surface area contributed by atoms with Crippen LogP contribution >= 0.6 is 0 Å². The topological polar surface area (TPSA) is 90.5 Å². The third-order valence-electron chi connectivity index (χ3n) is 5.78. The first-order valence-electron chi connectivity index (χ1n) is 9.88. The van der Waals surface area contributed by atoms with Crippen LogP contribution in [0.3, 0.4) is 0 Å². The molecule has 2 aromatic rings. The zero-order valence-corrected chi connectivity index (χ0v) is 17.0. The third-order valence-corrected chi connectivity index (χ3v) is 5.78. The lowest BCUT2D eigenvalue weighted by atomic mass is 9.77. The zero-order chi connectivity index (χ0) is 22.2. The van der Waals surface area contributed by atoms with Gasteiger partial charge in [-0.1, -0.05) is 19.1 Å². The summed E-state index contributed by atoms with van der Waals surface area (Å²) in [5.41, 5.74) is -1.45. The van der Waals surface area contributed by atoms with E-state index in [4.69, 9.17) is 0 Å². The average molecular weight is 427 g/mol. The van der Waals surface area contributed by atoms with E-state index >= 15 is 0 Å². The van der Waals surface area contributed by atoms with Gasteiger partial charge < -0.3 is 20.6 Å². The Hall–Kier alpha value is -1.94. The Bertz CT molecular complexity index is 849. The normalized spacial score (nSPS) is 25.5. The van der Waals surface area contributed by atoms with Crippen LogP contribution in [0, 0.1) is 5.41 Å². The predicted molar refractivity (Wildman–Crippen MR) is 104 cm³/mol. The van der Waals surface area contributed by atoms with Crippen LogP contribution in [0.5, 0.6) is 0 Å². The Kier molecular flexibility index (Phi) is 6.29. The summed E-state index contributed by atoms with van der Waals surface area (Å²) in [4.78, 5) is 0. The van der Waals surface area contributed by atoms with Crippen molar-refractivity contribution in [2.45, 2.75) is 57.1 Å². The molecule has 1 saturated heterocycles. The van der Waals surface area contributed by atoms with E-state index in [1.807, 2.05) is 6.92 Å². The van der Waals surface area contributed by atoms with Crippen molar-refractivity contribution in [2.24, 2.45) is 5.41 Å². The molecule has 3 rings (SSSR count). The number of piperidine rings is 1. The van der Waals surface area contributed by atoms with E-state index in [0.29, 0.717) is 18.5 Å². The molecule has 0 amide bonds. The van der Waals surface area contributed by atoms with Gasteiger partial charge in [-0.05, 0) is 37.5 Å². The number of nitrogens with one attached hydrogen (secondary N) is 1. The minimum absolute atomic E-state index is 0.0699. The molecule has 9 heteroatoms. The molecule has 3 atom stereocenters. The van der Waals surface area contributed by atoms with Gasteiger partial charge in [0.1, 0.15) is 0 Å². The molecule has 4 N–H and O–H groups in total. The van der Waals surface area contributed by atoms with E-state index in [-0.39, 0.29) is 31.7 Å². The second kappa shape index (κ2) is 8.30. The number of aromatic nitrogens is 2. The van der Waals surface area contributed by atoms with Gasteiger partial charge in [-0.25, -0.2) is 0 Å². The first-order valence-corrected chi connectivity index (χ1v) is 9.88. The summed E-state index contributed by atoms with van der Waals surface area (Å²) < 4.78 is 40.2. The van der Waals surface area contributed by atoms with Crippen LogP contribution in [-0.2, 0) is 18.3 Å². The number of aliphatic hydroxyl groups excluding tert-OH is 2. The van der Waals surface area contributed by atoms with Crippen molar-refractivity contribution in [3.63, 3.8) is 0 Å². The van der Waals surface area contributed by atoms with Gasteiger partial charge in [0, 0.05) is 29.3 Å². The molecule has 30 heavy (non-hydrogen) atoms. The van der Waals surface area contributed by atoms with E-state index in [1.165, 1.54) is 12.1 Å². The highest BCUT2D eigenvalue weighted by molar-refractivity contribution is 5.30. The molecule has 3 unspecified atom stereocenters. The molecule has 0 saturated carbocycles. The first-order chi connectivity index (χ1) is 14.0. The highest BCUT2D eigenvalue weighted by Gasteiger charge is 2.40. The Morgan fingerprint density at radius 3 is 2.37 bits per heavy atom. The summed E-state index contributed by atoms with van der Waals surface area (Å²) >= 11 is 0. The minimum Gasteiger partial charge on any atom is -0.396 e. The fourth-order valence-corrected chi connectivity index (χ4v) is 4.00. The number of hydrogen-bond acceptors (Lipinski definition) is 5. The van der Waals surface area contributed by atoms with Crippen LogP contribution < -0.4 is 5.32 Å². The van der Waals surface area contributed by atoms with Gasteiger partial charge in [0.15, 0.2) is 0 Å². The maximum atomic E-state index is 12.9. The third kappa shape index (κ3) is 4.85. The summed E-state index contributed by atoms with van der Waals surface area (Å²) in [7, 11) is 0. The van der Waals surface area contributed by atoms with E-state index in [1.54, 1.807) is 24.0 Å². The summed E-state index contributed by atoms with van der Waals surface area (Å²) in [5.74, 6) is 0. The maximum Gasteiger partial charge on any atom is 0.416 e. The molecule has 0 spiro atoms. The lowest BCUT2D eigenvalue weighted by Crippen LogP contribution is -2.46. The number of nitrogens with zero attached hydrogens (tertiary/aromatic N) is 2. The monoisotopic (exact) mass is 427 g/mol. The van der Waals surface area contributed by atoms with Crippen molar-refractivity contribution >= 4 is 0 Å². The summed E-state index contributed by atoms with van der Waals surface area (Å²) in [5, 5.41) is 38.0. The Morgan fingerprint density at radius 2 is 1.80 bits per heavy atom. The Balaban J connectivity index is 1.80. The van der Waals surface area contributed by atoms with E-state index in [9.17, 15) is 28.5 Å². The summed E-state index contributed by atoms with van der Waals surface area (Å²) in [6.45, 7) is 3.61. The molecular weight excluding hydrogens is 399 g/mol. The van der Waals surface area contributed by atoms with Gasteiger partial charge in [-0.2, -0.15) is 18.3 Å². The van der Waals surface area contributed by atoms with Gasteiger partial charge in [0.05, 0.1) is 37.1 Å². The van der Waals surface area contributed by atoms with E-state index < -0.39 is 22.8 Å². The van der Waals surface area contributed by atoms with E-state index in [0.717, 1.165) is 17.7 Å². The number of hydrogen-bond donors (Lipinski definition) is 4. The molecule has 1 aromatic carbocycles. The molecule has 0 radical (unpaired) electrons. The number of rotatable bonds is 6. The lowest BCUT2D eigenvalue weighted by molar-refractivity contribution is -0.137. The molecular formula is C21H28F3N3O3. The molecule has 1 aliphatic rings. The molecule has 1 fully saturated rings. The van der Waals surface area contributed by atoms with Gasteiger partial charge in [-0.15, -0.1) is 0 Å².